The number of allylic oxidation sites excluding steroid dienone is 36. The van der Waals surface area contributed by atoms with E-state index in [2.05, 4.69) is 228 Å². The smallest absolute Gasteiger partial charge is 0.462 e. The first-order valence-electron chi connectivity index (χ1n) is 41.0. The number of ether oxygens (including phenoxy) is 4. The quantitative estimate of drug-likeness (QED) is 0.0169. The summed E-state index contributed by atoms with van der Waals surface area (Å²) in [5, 5.41) is 10.7. The van der Waals surface area contributed by atoms with Gasteiger partial charge in [0.05, 0.1) is 26.4 Å². The molecule has 0 bridgehead atoms. The number of hydrogen-bond donors (Lipinski definition) is 3. The van der Waals surface area contributed by atoms with Crippen LogP contribution in [-0.2, 0) is 65.4 Å². The standard InChI is InChI=1S/C91H142O17P2/c1-5-9-13-17-21-25-29-33-37-40-42-45-49-52-56-60-64-68-72-76-89(94)102-82-87(108-91(96)78-74-70-66-62-58-54-50-46-43-41-38-34-30-26-22-18-14-10-6-2)84-106-110(99,100)104-80-85(92)79-103-109(97,98)105-83-86(107-90(95)77-73-69-65-61-57-53-47-36-32-28-24-20-16-12-8-4)81-101-88(93)75-71-67-63-59-55-51-48-44-39-35-31-27-23-19-15-11-7-3/h9-16,21-28,33-39,42-43,45-47,52,54,56-58,61,64,68,85-87,92H,5-8,17-20,29-32,40-41,44,48-51,53,55,59-60,62-63,65-67,69-84H2,1-4H3,(H,97,98)(H,99,100)/b13-9-,14-10-,15-11-,16-12-,25-21-,26-22-,27-23-,28-24-,37-33-,38-34-,39-35-,45-42-,46-43-,47-36-,56-52-,58-54-,61-57-,68-64-. The molecule has 0 spiro atoms. The molecule has 5 atom stereocenters. The summed E-state index contributed by atoms with van der Waals surface area (Å²) in [5.74, 6) is -2.40. The molecule has 0 saturated heterocycles. The highest BCUT2D eigenvalue weighted by atomic mass is 31.2. The number of rotatable bonds is 74. The molecule has 0 saturated carbocycles. The number of unbranched alkanes of at least 4 members (excludes halogenated alkanes) is 12. The van der Waals surface area contributed by atoms with Crippen LogP contribution in [0.1, 0.15) is 272 Å². The van der Waals surface area contributed by atoms with Crippen LogP contribution >= 0.6 is 15.6 Å². The summed E-state index contributed by atoms with van der Waals surface area (Å²) in [6.45, 7) is 4.21. The topological polar surface area (TPSA) is 237 Å². The Bertz CT molecular complexity index is 2950. The molecule has 0 aliphatic heterocycles. The van der Waals surface area contributed by atoms with Crippen molar-refractivity contribution in [2.75, 3.05) is 39.6 Å². The van der Waals surface area contributed by atoms with Crippen LogP contribution < -0.4 is 0 Å². The number of aliphatic hydroxyl groups is 1. The Hall–Kier alpha value is -6.62. The monoisotopic (exact) mass is 1570 g/mol. The van der Waals surface area contributed by atoms with Crippen molar-refractivity contribution in [2.45, 2.75) is 290 Å². The van der Waals surface area contributed by atoms with Gasteiger partial charge in [-0.15, -0.1) is 0 Å². The molecule has 17 nitrogen and oxygen atoms in total. The maximum Gasteiger partial charge on any atom is 0.472 e. The van der Waals surface area contributed by atoms with Gasteiger partial charge in [0.1, 0.15) is 19.3 Å². The molecule has 0 aromatic carbocycles. The fourth-order valence-electron chi connectivity index (χ4n) is 9.86. The molecule has 110 heavy (non-hydrogen) atoms. The second-order valence-corrected chi connectivity index (χ2v) is 29.1. The molecular formula is C91H142O17P2. The highest BCUT2D eigenvalue weighted by Gasteiger charge is 2.30. The van der Waals surface area contributed by atoms with E-state index in [0.717, 1.165) is 180 Å². The minimum absolute atomic E-state index is 0.0178. The molecule has 0 aromatic rings. The third-order valence-corrected chi connectivity index (χ3v) is 17.8. The minimum atomic E-state index is -5.02. The van der Waals surface area contributed by atoms with Gasteiger partial charge in [0.25, 0.3) is 0 Å². The fourth-order valence-corrected chi connectivity index (χ4v) is 11.4. The summed E-state index contributed by atoms with van der Waals surface area (Å²) in [4.78, 5) is 73.1. The van der Waals surface area contributed by atoms with Gasteiger partial charge in [-0.2, -0.15) is 0 Å². The van der Waals surface area contributed by atoms with Gasteiger partial charge in [0.2, 0.25) is 0 Å². The van der Waals surface area contributed by atoms with E-state index in [1.807, 2.05) is 18.2 Å². The van der Waals surface area contributed by atoms with E-state index in [4.69, 9.17) is 37.0 Å². The van der Waals surface area contributed by atoms with E-state index in [-0.39, 0.29) is 25.7 Å². The lowest BCUT2D eigenvalue weighted by molar-refractivity contribution is -0.161. The molecule has 0 heterocycles. The average molecular weight is 1570 g/mol. The predicted octanol–water partition coefficient (Wildman–Crippen LogP) is 24.4. The van der Waals surface area contributed by atoms with Crippen molar-refractivity contribution in [3.8, 4) is 0 Å². The van der Waals surface area contributed by atoms with Crippen LogP contribution in [-0.4, -0.2) is 96.7 Å². The Morgan fingerprint density at radius 2 is 0.464 bits per heavy atom. The van der Waals surface area contributed by atoms with Gasteiger partial charge < -0.3 is 33.8 Å². The fraction of sp³-hybridized carbons (Fsp3) is 0.560. The molecule has 5 unspecified atom stereocenters. The summed E-state index contributed by atoms with van der Waals surface area (Å²) < 4.78 is 68.6. The number of aliphatic hydroxyl groups excluding tert-OH is 1. The number of carbonyl (C=O) groups is 4. The minimum Gasteiger partial charge on any atom is -0.462 e. The van der Waals surface area contributed by atoms with E-state index < -0.39 is 97.5 Å². The SMILES string of the molecule is CC/C=C\C/C=C\C/C=C\C/C=C\C/C=C\C/C=C\CCC(=O)OCC(COP(=O)(O)OCC(O)COP(=O)(O)OCC(COC(=O)CCCCCCCCC/C=C\C/C=C\C/C=C\CC)OC(=O)CCCC/C=C\C/C=C\C/C=C\C/C=C\CC)OC(=O)CCCCC/C=C\C/C=C\C/C=C\C/C=C\C/C=C\CC. The van der Waals surface area contributed by atoms with E-state index in [1.54, 1.807) is 0 Å². The van der Waals surface area contributed by atoms with Crippen LogP contribution in [0.2, 0.25) is 0 Å². The first-order valence-corrected chi connectivity index (χ1v) is 44.0. The van der Waals surface area contributed by atoms with E-state index in [1.165, 1.54) is 0 Å². The van der Waals surface area contributed by atoms with Crippen molar-refractivity contribution in [1.29, 1.82) is 0 Å². The molecule has 19 heteroatoms. The normalized spacial score (nSPS) is 14.9. The van der Waals surface area contributed by atoms with Gasteiger partial charge in [-0.05, 0) is 180 Å². The summed E-state index contributed by atoms with van der Waals surface area (Å²) >= 11 is 0. The van der Waals surface area contributed by atoms with Crippen molar-refractivity contribution in [1.82, 2.24) is 0 Å². The zero-order valence-corrected chi connectivity index (χ0v) is 69.4. The second-order valence-electron chi connectivity index (χ2n) is 26.2. The molecule has 3 N–H and O–H groups in total. The lowest BCUT2D eigenvalue weighted by Crippen LogP contribution is -2.30. The second kappa shape index (κ2) is 80.4. The van der Waals surface area contributed by atoms with Crippen LogP contribution in [0.4, 0.5) is 0 Å². The maximum atomic E-state index is 13.1. The van der Waals surface area contributed by atoms with Gasteiger partial charge in [0.15, 0.2) is 12.2 Å². The molecule has 0 amide bonds. The zero-order valence-electron chi connectivity index (χ0n) is 67.6. The van der Waals surface area contributed by atoms with Gasteiger partial charge in [-0.25, -0.2) is 9.13 Å². The molecule has 0 rings (SSSR count). The lowest BCUT2D eigenvalue weighted by atomic mass is 10.1. The first kappa shape index (κ1) is 103. The number of carbonyl (C=O) groups excluding carboxylic acids is 4. The Morgan fingerprint density at radius 3 is 0.764 bits per heavy atom. The Kier molecular flexibility index (Phi) is 75.6. The summed E-state index contributed by atoms with van der Waals surface area (Å²) in [5.41, 5.74) is 0. The van der Waals surface area contributed by atoms with Crippen molar-refractivity contribution in [2.24, 2.45) is 0 Å². The molecule has 0 fully saturated rings. The molecular weight excluding hydrogens is 1430 g/mol. The number of phosphoric ester groups is 2. The zero-order chi connectivity index (χ0) is 80.3. The predicted molar refractivity (Wildman–Crippen MR) is 454 cm³/mol. The average Bonchev–Trinajstić information content (AvgIpc) is 0.900. The molecule has 0 aromatic heterocycles. The molecule has 618 valence electrons. The van der Waals surface area contributed by atoms with E-state index in [0.29, 0.717) is 38.5 Å². The number of hydrogen-bond acceptors (Lipinski definition) is 15. The number of esters is 4. The first-order chi connectivity index (χ1) is 53.7. The maximum absolute atomic E-state index is 13.1. The third-order valence-electron chi connectivity index (χ3n) is 15.9. The van der Waals surface area contributed by atoms with Gasteiger partial charge >= 0.3 is 39.5 Å². The van der Waals surface area contributed by atoms with E-state index in [9.17, 15) is 43.2 Å². The lowest BCUT2D eigenvalue weighted by Gasteiger charge is -2.21. The van der Waals surface area contributed by atoms with Crippen LogP contribution in [0.15, 0.2) is 219 Å². The van der Waals surface area contributed by atoms with Crippen molar-refractivity contribution in [3.63, 3.8) is 0 Å². The Balaban J connectivity index is 5.55. The molecule has 0 radical (unpaired) electrons. The molecule has 0 aliphatic carbocycles. The van der Waals surface area contributed by atoms with Gasteiger partial charge in [0, 0.05) is 25.7 Å². The summed E-state index contributed by atoms with van der Waals surface area (Å²) in [6, 6.07) is 0. The number of phosphoric acid groups is 2. The van der Waals surface area contributed by atoms with Crippen molar-refractivity contribution < 1.29 is 80.2 Å². The van der Waals surface area contributed by atoms with Crippen LogP contribution in [0, 0.1) is 0 Å². The highest BCUT2D eigenvalue weighted by molar-refractivity contribution is 7.47. The van der Waals surface area contributed by atoms with Crippen molar-refractivity contribution in [3.05, 3.63) is 219 Å². The van der Waals surface area contributed by atoms with Crippen molar-refractivity contribution >= 4 is 39.5 Å². The Labute approximate surface area is 664 Å². The van der Waals surface area contributed by atoms with E-state index >= 15 is 0 Å². The van der Waals surface area contributed by atoms with Gasteiger partial charge in [-0.3, -0.25) is 37.3 Å². The Morgan fingerprint density at radius 1 is 0.255 bits per heavy atom. The van der Waals surface area contributed by atoms with Crippen LogP contribution in [0.3, 0.4) is 0 Å². The summed E-state index contributed by atoms with van der Waals surface area (Å²) in [7, 11) is -10.0. The largest absolute Gasteiger partial charge is 0.472 e. The summed E-state index contributed by atoms with van der Waals surface area (Å²) in [6.07, 6.45) is 102. The highest BCUT2D eigenvalue weighted by Crippen LogP contribution is 2.45. The van der Waals surface area contributed by atoms with Crippen LogP contribution in [0.5, 0.6) is 0 Å². The van der Waals surface area contributed by atoms with Crippen LogP contribution in [0.25, 0.3) is 0 Å². The molecule has 0 aliphatic rings. The van der Waals surface area contributed by atoms with Gasteiger partial charge in [-0.1, -0.05) is 285 Å². The third kappa shape index (κ3) is 79.5.